The minimum absolute atomic E-state index is 0.139. The molecule has 2 N–H and O–H groups in total. The van der Waals surface area contributed by atoms with Gasteiger partial charge in [-0.3, -0.25) is 4.90 Å². The van der Waals surface area contributed by atoms with E-state index >= 15 is 0 Å². The van der Waals surface area contributed by atoms with Gasteiger partial charge in [0, 0.05) is 30.6 Å². The summed E-state index contributed by atoms with van der Waals surface area (Å²) in [6.45, 7) is 2.47. The summed E-state index contributed by atoms with van der Waals surface area (Å²) in [6.07, 6.45) is 1.08. The van der Waals surface area contributed by atoms with Crippen molar-refractivity contribution in [2.45, 2.75) is 19.0 Å². The molecule has 0 fully saturated rings. The SMILES string of the molecule is NCC(c1ccc(F)c(Br)c1)N1CCc2sccc2C1. The van der Waals surface area contributed by atoms with Crippen molar-refractivity contribution >= 4 is 27.3 Å². The molecule has 0 radical (unpaired) electrons. The van der Waals surface area contributed by atoms with E-state index in [1.165, 1.54) is 16.5 Å². The third-order valence-corrected chi connectivity index (χ3v) is 5.46. The normalized spacial score (nSPS) is 16.9. The van der Waals surface area contributed by atoms with Crippen LogP contribution in [0, 0.1) is 5.82 Å². The fraction of sp³-hybridized carbons (Fsp3) is 0.333. The molecule has 0 aliphatic carbocycles. The van der Waals surface area contributed by atoms with Crippen molar-refractivity contribution in [3.8, 4) is 0 Å². The van der Waals surface area contributed by atoms with Crippen LogP contribution in [0.25, 0.3) is 0 Å². The molecule has 20 heavy (non-hydrogen) atoms. The van der Waals surface area contributed by atoms with Gasteiger partial charge in [-0.15, -0.1) is 11.3 Å². The van der Waals surface area contributed by atoms with E-state index in [2.05, 4.69) is 32.3 Å². The maximum Gasteiger partial charge on any atom is 0.137 e. The number of rotatable bonds is 3. The second-order valence-corrected chi connectivity index (χ2v) is 6.87. The number of benzene rings is 1. The van der Waals surface area contributed by atoms with Crippen LogP contribution in [0.15, 0.2) is 34.1 Å². The van der Waals surface area contributed by atoms with Gasteiger partial charge in [0.2, 0.25) is 0 Å². The van der Waals surface area contributed by atoms with Crippen molar-refractivity contribution < 1.29 is 4.39 Å². The minimum Gasteiger partial charge on any atom is -0.329 e. The van der Waals surface area contributed by atoms with E-state index in [1.54, 1.807) is 0 Å². The summed E-state index contributed by atoms with van der Waals surface area (Å²) in [4.78, 5) is 3.87. The molecule has 3 rings (SSSR count). The van der Waals surface area contributed by atoms with Crippen LogP contribution in [-0.4, -0.2) is 18.0 Å². The number of fused-ring (bicyclic) bond motifs is 1. The van der Waals surface area contributed by atoms with Crippen LogP contribution >= 0.6 is 27.3 Å². The molecule has 2 nitrogen and oxygen atoms in total. The summed E-state index contributed by atoms with van der Waals surface area (Å²) in [7, 11) is 0. The molecule has 1 aliphatic heterocycles. The van der Waals surface area contributed by atoms with Gasteiger partial charge in [0.15, 0.2) is 0 Å². The standard InChI is InChI=1S/C15H16BrFN2S/c16-12-7-10(1-2-13(12)17)14(8-18)19-5-3-15-11(9-19)4-6-20-15/h1-2,4,6-7,14H,3,5,8-9,18H2. The highest BCUT2D eigenvalue weighted by Gasteiger charge is 2.24. The van der Waals surface area contributed by atoms with Gasteiger partial charge in [-0.25, -0.2) is 4.39 Å². The lowest BCUT2D eigenvalue weighted by Gasteiger charge is -2.34. The number of nitrogens with zero attached hydrogens (tertiary/aromatic N) is 1. The van der Waals surface area contributed by atoms with Crippen LogP contribution < -0.4 is 5.73 Å². The summed E-state index contributed by atoms with van der Waals surface area (Å²) in [5.41, 5.74) is 8.44. The highest BCUT2D eigenvalue weighted by molar-refractivity contribution is 9.10. The third-order valence-electron chi connectivity index (χ3n) is 3.83. The molecule has 2 heterocycles. The van der Waals surface area contributed by atoms with Gasteiger partial charge in [0.05, 0.1) is 4.47 Å². The molecule has 1 aromatic carbocycles. The van der Waals surface area contributed by atoms with Gasteiger partial charge >= 0.3 is 0 Å². The molecule has 2 aromatic rings. The van der Waals surface area contributed by atoms with Crippen molar-refractivity contribution in [3.63, 3.8) is 0 Å². The zero-order valence-corrected chi connectivity index (χ0v) is 13.4. The number of hydrogen-bond donors (Lipinski definition) is 1. The molecule has 1 aromatic heterocycles. The fourth-order valence-electron chi connectivity index (χ4n) is 2.75. The van der Waals surface area contributed by atoms with Crippen LogP contribution in [-0.2, 0) is 13.0 Å². The Morgan fingerprint density at radius 1 is 1.40 bits per heavy atom. The predicted molar refractivity (Wildman–Crippen MR) is 84.3 cm³/mol. The zero-order chi connectivity index (χ0) is 14.1. The molecule has 1 unspecified atom stereocenters. The first-order valence-electron chi connectivity index (χ1n) is 6.63. The molecule has 106 valence electrons. The van der Waals surface area contributed by atoms with Crippen molar-refractivity contribution in [2.75, 3.05) is 13.1 Å². The first-order chi connectivity index (χ1) is 9.69. The second-order valence-electron chi connectivity index (χ2n) is 5.01. The summed E-state index contributed by atoms with van der Waals surface area (Å²) >= 11 is 5.09. The number of thiophene rings is 1. The van der Waals surface area contributed by atoms with Crippen LogP contribution in [0.3, 0.4) is 0 Å². The van der Waals surface area contributed by atoms with E-state index in [0.717, 1.165) is 25.1 Å². The number of nitrogens with two attached hydrogens (primary N) is 1. The Labute approximate surface area is 130 Å². The maximum absolute atomic E-state index is 13.4. The summed E-state index contributed by atoms with van der Waals surface area (Å²) < 4.78 is 13.9. The Hall–Kier alpha value is -0.750. The first kappa shape index (κ1) is 14.2. The van der Waals surface area contributed by atoms with Crippen LogP contribution in [0.4, 0.5) is 4.39 Å². The predicted octanol–water partition coefficient (Wildman–Crippen LogP) is 3.71. The smallest absolute Gasteiger partial charge is 0.137 e. The first-order valence-corrected chi connectivity index (χ1v) is 8.30. The molecular formula is C15H16BrFN2S. The van der Waals surface area contributed by atoms with Crippen molar-refractivity contribution in [2.24, 2.45) is 5.73 Å². The largest absolute Gasteiger partial charge is 0.329 e. The van der Waals surface area contributed by atoms with Gasteiger partial charge in [-0.2, -0.15) is 0 Å². The van der Waals surface area contributed by atoms with Crippen molar-refractivity contribution in [1.82, 2.24) is 4.90 Å². The Morgan fingerprint density at radius 3 is 3.00 bits per heavy atom. The van der Waals surface area contributed by atoms with Gasteiger partial charge < -0.3 is 5.73 Å². The van der Waals surface area contributed by atoms with Crippen LogP contribution in [0.5, 0.6) is 0 Å². The lowest BCUT2D eigenvalue weighted by atomic mass is 10.0. The molecule has 1 aliphatic rings. The van der Waals surface area contributed by atoms with Crippen LogP contribution in [0.1, 0.15) is 22.0 Å². The maximum atomic E-state index is 13.4. The Bertz CT molecular complexity index is 614. The molecular weight excluding hydrogens is 339 g/mol. The Kier molecular flexibility index (Phi) is 4.21. The highest BCUT2D eigenvalue weighted by Crippen LogP contribution is 2.31. The molecule has 5 heteroatoms. The van der Waals surface area contributed by atoms with E-state index in [4.69, 9.17) is 5.73 Å². The van der Waals surface area contributed by atoms with Gasteiger partial charge in [-0.05, 0) is 57.1 Å². The summed E-state index contributed by atoms with van der Waals surface area (Å²) in [5, 5.41) is 2.15. The Morgan fingerprint density at radius 2 is 2.25 bits per heavy atom. The summed E-state index contributed by atoms with van der Waals surface area (Å²) in [5.74, 6) is -0.233. The van der Waals surface area contributed by atoms with Crippen molar-refractivity contribution in [3.05, 3.63) is 55.9 Å². The van der Waals surface area contributed by atoms with Crippen LogP contribution in [0.2, 0.25) is 0 Å². The van der Waals surface area contributed by atoms with E-state index in [1.807, 2.05) is 23.5 Å². The van der Waals surface area contributed by atoms with E-state index in [9.17, 15) is 4.39 Å². The molecule has 0 amide bonds. The highest BCUT2D eigenvalue weighted by atomic mass is 79.9. The molecule has 0 spiro atoms. The average molecular weight is 355 g/mol. The third kappa shape index (κ3) is 2.68. The summed E-state index contributed by atoms with van der Waals surface area (Å²) in [6, 6.07) is 7.51. The number of hydrogen-bond acceptors (Lipinski definition) is 3. The molecule has 1 atom stereocenters. The lowest BCUT2D eigenvalue weighted by Crippen LogP contribution is -2.37. The molecule has 0 bridgehead atoms. The average Bonchev–Trinajstić information content (AvgIpc) is 2.91. The second kappa shape index (κ2) is 5.93. The van der Waals surface area contributed by atoms with Crippen molar-refractivity contribution in [1.29, 1.82) is 0 Å². The topological polar surface area (TPSA) is 29.3 Å². The van der Waals surface area contributed by atoms with Gasteiger partial charge in [0.1, 0.15) is 5.82 Å². The minimum atomic E-state index is -0.233. The van der Waals surface area contributed by atoms with E-state index in [0.29, 0.717) is 11.0 Å². The van der Waals surface area contributed by atoms with Gasteiger partial charge in [-0.1, -0.05) is 6.07 Å². The van der Waals surface area contributed by atoms with E-state index in [-0.39, 0.29) is 11.9 Å². The zero-order valence-electron chi connectivity index (χ0n) is 11.0. The van der Waals surface area contributed by atoms with Gasteiger partial charge in [0.25, 0.3) is 0 Å². The number of halogens is 2. The fourth-order valence-corrected chi connectivity index (χ4v) is 4.04. The monoisotopic (exact) mass is 354 g/mol. The lowest BCUT2D eigenvalue weighted by molar-refractivity contribution is 0.185. The van der Waals surface area contributed by atoms with E-state index < -0.39 is 0 Å². The molecule has 0 saturated heterocycles. The quantitative estimate of drug-likeness (QED) is 0.910. The Balaban J connectivity index is 1.85. The molecule has 0 saturated carbocycles.